The van der Waals surface area contributed by atoms with Crippen LogP contribution in [0.25, 0.3) is 0 Å². The number of aryl methyl sites for hydroxylation is 2. The summed E-state index contributed by atoms with van der Waals surface area (Å²) in [5, 5.41) is 6.12. The predicted octanol–water partition coefficient (Wildman–Crippen LogP) is 1.88. The lowest BCUT2D eigenvalue weighted by Crippen LogP contribution is -2.49. The highest BCUT2D eigenvalue weighted by Crippen LogP contribution is 2.24. The minimum atomic E-state index is -0.298. The van der Waals surface area contributed by atoms with Crippen LogP contribution in [0.4, 0.5) is 4.79 Å². The fourth-order valence-electron chi connectivity index (χ4n) is 3.99. The molecule has 142 valence electrons. The topological polar surface area (TPSA) is 87.5 Å². The molecule has 1 heterocycles. The van der Waals surface area contributed by atoms with E-state index in [0.29, 0.717) is 6.54 Å². The summed E-state index contributed by atoms with van der Waals surface area (Å²) in [7, 11) is 0. The van der Waals surface area contributed by atoms with E-state index in [2.05, 4.69) is 28.8 Å². The standard InChI is InChI=1S/C20H30N4O2/c1-14(16-7-6-15-4-2-3-5-17(15)12-16)22-20(26)23-18-8-10-24(11-9-18)13-19(21)25/h6-7,12,14,18H,2-5,8-11,13H2,1H3,(H2,21,25)(H2,22,23,26)/t14-/m1/s1. The smallest absolute Gasteiger partial charge is 0.315 e. The maximum Gasteiger partial charge on any atom is 0.315 e. The summed E-state index contributed by atoms with van der Waals surface area (Å²) in [5.74, 6) is -0.298. The number of likely N-dealkylation sites (tertiary alicyclic amines) is 1. The molecule has 1 aromatic carbocycles. The van der Waals surface area contributed by atoms with Crippen LogP contribution in [0.5, 0.6) is 0 Å². The number of nitrogens with zero attached hydrogens (tertiary/aromatic N) is 1. The minimum absolute atomic E-state index is 0.0165. The van der Waals surface area contributed by atoms with Gasteiger partial charge in [-0.15, -0.1) is 0 Å². The van der Waals surface area contributed by atoms with Crippen LogP contribution in [-0.4, -0.2) is 42.5 Å². The molecule has 1 saturated heterocycles. The second-order valence-corrected chi connectivity index (χ2v) is 7.59. The number of hydrogen-bond donors (Lipinski definition) is 3. The predicted molar refractivity (Wildman–Crippen MR) is 102 cm³/mol. The number of benzene rings is 1. The first-order valence-electron chi connectivity index (χ1n) is 9.70. The van der Waals surface area contributed by atoms with Gasteiger partial charge in [0.1, 0.15) is 0 Å². The lowest BCUT2D eigenvalue weighted by atomic mass is 9.89. The maximum absolute atomic E-state index is 12.3. The van der Waals surface area contributed by atoms with Gasteiger partial charge in [-0.2, -0.15) is 0 Å². The van der Waals surface area contributed by atoms with Gasteiger partial charge in [0.25, 0.3) is 0 Å². The molecule has 1 fully saturated rings. The lowest BCUT2D eigenvalue weighted by Gasteiger charge is -2.31. The maximum atomic E-state index is 12.3. The van der Waals surface area contributed by atoms with Crippen LogP contribution in [0.1, 0.15) is 55.3 Å². The Kier molecular flexibility index (Phi) is 6.14. The van der Waals surface area contributed by atoms with Gasteiger partial charge in [0, 0.05) is 19.1 Å². The van der Waals surface area contributed by atoms with Crippen LogP contribution in [0, 0.1) is 0 Å². The van der Waals surface area contributed by atoms with Gasteiger partial charge in [-0.05, 0) is 62.1 Å². The van der Waals surface area contributed by atoms with E-state index in [9.17, 15) is 9.59 Å². The van der Waals surface area contributed by atoms with E-state index in [1.807, 2.05) is 11.8 Å². The lowest BCUT2D eigenvalue weighted by molar-refractivity contribution is -0.119. The van der Waals surface area contributed by atoms with Crippen molar-refractivity contribution in [3.63, 3.8) is 0 Å². The van der Waals surface area contributed by atoms with E-state index in [1.165, 1.54) is 30.4 Å². The SMILES string of the molecule is C[C@@H](NC(=O)NC1CCN(CC(N)=O)CC1)c1ccc2c(c1)CCCC2. The van der Waals surface area contributed by atoms with Crippen molar-refractivity contribution in [2.45, 2.75) is 57.5 Å². The van der Waals surface area contributed by atoms with Crippen LogP contribution in [0.2, 0.25) is 0 Å². The Morgan fingerprint density at radius 3 is 2.58 bits per heavy atom. The highest BCUT2D eigenvalue weighted by molar-refractivity contribution is 5.76. The molecule has 1 aliphatic heterocycles. The molecular weight excluding hydrogens is 328 g/mol. The van der Waals surface area contributed by atoms with Gasteiger partial charge in [0.15, 0.2) is 0 Å². The first-order valence-corrected chi connectivity index (χ1v) is 9.70. The molecule has 0 unspecified atom stereocenters. The molecule has 0 aromatic heterocycles. The second-order valence-electron chi connectivity index (χ2n) is 7.59. The van der Waals surface area contributed by atoms with E-state index in [0.717, 1.165) is 37.9 Å². The van der Waals surface area contributed by atoms with Gasteiger partial charge in [-0.25, -0.2) is 4.79 Å². The van der Waals surface area contributed by atoms with Gasteiger partial charge in [-0.1, -0.05) is 18.2 Å². The van der Waals surface area contributed by atoms with Gasteiger partial charge in [0.2, 0.25) is 5.91 Å². The first-order chi connectivity index (χ1) is 12.5. The Bertz CT molecular complexity index is 653. The molecule has 3 rings (SSSR count). The number of urea groups is 1. The monoisotopic (exact) mass is 358 g/mol. The van der Waals surface area contributed by atoms with Crippen molar-refractivity contribution in [2.24, 2.45) is 5.73 Å². The van der Waals surface area contributed by atoms with Crippen molar-refractivity contribution in [2.75, 3.05) is 19.6 Å². The number of primary amides is 1. The summed E-state index contributed by atoms with van der Waals surface area (Å²) in [6, 6.07) is 6.61. The third-order valence-corrected chi connectivity index (χ3v) is 5.52. The fraction of sp³-hybridized carbons (Fsp3) is 0.600. The molecule has 1 aromatic rings. The molecule has 0 spiro atoms. The number of carbonyl (C=O) groups excluding carboxylic acids is 2. The minimum Gasteiger partial charge on any atom is -0.369 e. The van der Waals surface area contributed by atoms with Crippen molar-refractivity contribution >= 4 is 11.9 Å². The Morgan fingerprint density at radius 1 is 1.19 bits per heavy atom. The van der Waals surface area contributed by atoms with Crippen molar-refractivity contribution < 1.29 is 9.59 Å². The van der Waals surface area contributed by atoms with Crippen molar-refractivity contribution in [1.82, 2.24) is 15.5 Å². The number of carbonyl (C=O) groups is 2. The van der Waals surface area contributed by atoms with E-state index < -0.39 is 0 Å². The zero-order valence-corrected chi connectivity index (χ0v) is 15.6. The molecule has 4 N–H and O–H groups in total. The second kappa shape index (κ2) is 8.54. The Labute approximate surface area is 155 Å². The van der Waals surface area contributed by atoms with E-state index in [-0.39, 0.29) is 24.0 Å². The number of nitrogens with one attached hydrogen (secondary N) is 2. The van der Waals surface area contributed by atoms with Crippen LogP contribution >= 0.6 is 0 Å². The number of amides is 3. The molecule has 2 aliphatic rings. The normalized spacial score (nSPS) is 19.4. The number of rotatable bonds is 5. The largest absolute Gasteiger partial charge is 0.369 e. The molecule has 0 bridgehead atoms. The van der Waals surface area contributed by atoms with Gasteiger partial charge >= 0.3 is 6.03 Å². The number of hydrogen-bond acceptors (Lipinski definition) is 3. The van der Waals surface area contributed by atoms with Crippen LogP contribution in [0.15, 0.2) is 18.2 Å². The van der Waals surface area contributed by atoms with E-state index in [1.54, 1.807) is 0 Å². The Morgan fingerprint density at radius 2 is 1.88 bits per heavy atom. The summed E-state index contributed by atoms with van der Waals surface area (Å²) < 4.78 is 0. The molecule has 0 radical (unpaired) electrons. The van der Waals surface area contributed by atoms with Crippen molar-refractivity contribution in [3.8, 4) is 0 Å². The summed E-state index contributed by atoms with van der Waals surface area (Å²) in [6.45, 7) is 3.90. The quantitative estimate of drug-likeness (QED) is 0.751. The Balaban J connectivity index is 1.47. The summed E-state index contributed by atoms with van der Waals surface area (Å²) in [6.07, 6.45) is 6.54. The fourth-order valence-corrected chi connectivity index (χ4v) is 3.99. The average molecular weight is 358 g/mol. The van der Waals surface area contributed by atoms with Gasteiger partial charge in [-0.3, -0.25) is 9.69 Å². The molecule has 6 heteroatoms. The summed E-state index contributed by atoms with van der Waals surface area (Å²) in [5.41, 5.74) is 9.29. The molecule has 1 aliphatic carbocycles. The van der Waals surface area contributed by atoms with Crippen molar-refractivity contribution in [3.05, 3.63) is 34.9 Å². The van der Waals surface area contributed by atoms with Gasteiger partial charge in [0.05, 0.1) is 12.6 Å². The van der Waals surface area contributed by atoms with E-state index in [4.69, 9.17) is 5.73 Å². The summed E-state index contributed by atoms with van der Waals surface area (Å²) in [4.78, 5) is 25.3. The van der Waals surface area contributed by atoms with Crippen LogP contribution in [0.3, 0.4) is 0 Å². The average Bonchev–Trinajstić information content (AvgIpc) is 2.62. The van der Waals surface area contributed by atoms with E-state index >= 15 is 0 Å². The highest BCUT2D eigenvalue weighted by atomic mass is 16.2. The van der Waals surface area contributed by atoms with Crippen molar-refractivity contribution in [1.29, 1.82) is 0 Å². The number of nitrogens with two attached hydrogens (primary N) is 1. The zero-order chi connectivity index (χ0) is 18.5. The molecule has 6 nitrogen and oxygen atoms in total. The van der Waals surface area contributed by atoms with Gasteiger partial charge < -0.3 is 16.4 Å². The molecule has 1 atom stereocenters. The number of fused-ring (bicyclic) bond motifs is 1. The molecule has 3 amide bonds. The van der Waals surface area contributed by atoms with Crippen LogP contribution < -0.4 is 16.4 Å². The first kappa shape index (κ1) is 18.7. The molecule has 26 heavy (non-hydrogen) atoms. The highest BCUT2D eigenvalue weighted by Gasteiger charge is 2.22. The summed E-state index contributed by atoms with van der Waals surface area (Å²) >= 11 is 0. The Hall–Kier alpha value is -2.08. The third-order valence-electron chi connectivity index (χ3n) is 5.52. The third kappa shape index (κ3) is 4.97. The molecular formula is C20H30N4O2. The number of piperidine rings is 1. The molecule has 0 saturated carbocycles. The zero-order valence-electron chi connectivity index (χ0n) is 15.6. The van der Waals surface area contributed by atoms with Crippen LogP contribution in [-0.2, 0) is 17.6 Å².